The zero-order chi connectivity index (χ0) is 30.0. The van der Waals surface area contributed by atoms with Crippen LogP contribution in [0.25, 0.3) is 39.7 Å². The van der Waals surface area contributed by atoms with Crippen molar-refractivity contribution in [3.05, 3.63) is 115 Å². The first kappa shape index (κ1) is 28.3. The molecule has 0 spiro atoms. The second-order valence-corrected chi connectivity index (χ2v) is 11.9. The number of rotatable bonds is 9. The van der Waals surface area contributed by atoms with Gasteiger partial charge in [0.15, 0.2) is 17.3 Å². The lowest BCUT2D eigenvalue weighted by molar-refractivity contribution is 0.386. The van der Waals surface area contributed by atoms with Crippen LogP contribution in [0.5, 0.6) is 5.75 Å². The fraction of sp³-hybridized carbons (Fsp3) is 0.0645. The van der Waals surface area contributed by atoms with Gasteiger partial charge in [0.2, 0.25) is 10.0 Å². The number of sulfonamides is 1. The number of halogens is 1. The molecule has 2 heterocycles. The first-order valence-electron chi connectivity index (χ1n) is 13.0. The lowest BCUT2D eigenvalue weighted by Crippen LogP contribution is -2.12. The minimum Gasteiger partial charge on any atom is -0.494 e. The van der Waals surface area contributed by atoms with Crippen molar-refractivity contribution in [2.24, 2.45) is 5.14 Å². The molecule has 2 aromatic heterocycles. The molecule has 0 atom stereocenters. The van der Waals surface area contributed by atoms with Gasteiger partial charge >= 0.3 is 0 Å². The van der Waals surface area contributed by atoms with Crippen molar-refractivity contribution in [3.63, 3.8) is 0 Å². The van der Waals surface area contributed by atoms with E-state index in [1.807, 2.05) is 18.2 Å². The lowest BCUT2D eigenvalue weighted by Gasteiger charge is -2.09. The van der Waals surface area contributed by atoms with Crippen molar-refractivity contribution in [3.8, 4) is 45.4 Å². The quantitative estimate of drug-likeness (QED) is 0.187. The number of primary sulfonamides is 1. The van der Waals surface area contributed by atoms with Crippen molar-refractivity contribution in [1.29, 1.82) is 0 Å². The fourth-order valence-corrected chi connectivity index (χ4v) is 5.67. The lowest BCUT2D eigenvalue weighted by atomic mass is 10.0. The summed E-state index contributed by atoms with van der Waals surface area (Å²) in [7, 11) is -2.49. The van der Waals surface area contributed by atoms with Gasteiger partial charge in [-0.15, -0.1) is 10.2 Å². The van der Waals surface area contributed by atoms with Gasteiger partial charge in [-0.3, -0.25) is 0 Å². The Morgan fingerprint density at radius 2 is 1.58 bits per heavy atom. The van der Waals surface area contributed by atoms with Crippen LogP contribution < -0.4 is 9.88 Å². The van der Waals surface area contributed by atoms with Crippen molar-refractivity contribution in [2.45, 2.75) is 15.9 Å². The number of benzene rings is 4. The third-order valence-electron chi connectivity index (χ3n) is 6.62. The molecule has 4 aromatic carbocycles. The van der Waals surface area contributed by atoms with E-state index in [9.17, 15) is 12.8 Å². The van der Waals surface area contributed by atoms with Crippen LogP contribution in [-0.2, 0) is 15.8 Å². The van der Waals surface area contributed by atoms with Gasteiger partial charge in [0.1, 0.15) is 0 Å². The number of aromatic nitrogens is 4. The van der Waals surface area contributed by atoms with Crippen LogP contribution in [0.15, 0.2) is 118 Å². The van der Waals surface area contributed by atoms with E-state index < -0.39 is 15.8 Å². The maximum atomic E-state index is 14.6. The topological polar surface area (TPSA) is 126 Å². The summed E-state index contributed by atoms with van der Waals surface area (Å²) in [6, 6.07) is 30.5. The van der Waals surface area contributed by atoms with E-state index >= 15 is 0 Å². The number of hydrogen-bond donors (Lipinski definition) is 1. The summed E-state index contributed by atoms with van der Waals surface area (Å²) in [6.45, 7) is 0. The van der Waals surface area contributed by atoms with Gasteiger partial charge < -0.3 is 9.15 Å². The van der Waals surface area contributed by atoms with E-state index in [1.165, 1.54) is 47.8 Å². The Morgan fingerprint density at radius 3 is 2.26 bits per heavy atom. The Balaban J connectivity index is 1.27. The maximum Gasteiger partial charge on any atom is 0.277 e. The zero-order valence-electron chi connectivity index (χ0n) is 22.7. The minimum atomic E-state index is -3.88. The van der Waals surface area contributed by atoms with E-state index in [0.717, 1.165) is 16.7 Å². The molecule has 0 amide bonds. The van der Waals surface area contributed by atoms with Crippen molar-refractivity contribution in [2.75, 3.05) is 7.11 Å². The summed E-state index contributed by atoms with van der Waals surface area (Å²) in [5, 5.41) is 18.6. The Hall–Kier alpha value is -4.78. The number of ether oxygens (including phenoxy) is 1. The van der Waals surface area contributed by atoms with E-state index in [4.69, 9.17) is 14.3 Å². The summed E-state index contributed by atoms with van der Waals surface area (Å²) in [4.78, 5) is -0.0473. The first-order chi connectivity index (χ1) is 20.8. The molecule has 12 heteroatoms. The second kappa shape index (κ2) is 11.8. The molecule has 0 fully saturated rings. The summed E-state index contributed by atoms with van der Waals surface area (Å²) in [5.74, 6) is 0.350. The molecule has 0 saturated heterocycles. The van der Waals surface area contributed by atoms with Gasteiger partial charge in [-0.2, -0.15) is 5.10 Å². The summed E-state index contributed by atoms with van der Waals surface area (Å²) in [6.07, 6.45) is 0. The molecule has 6 aromatic rings. The molecule has 0 radical (unpaired) electrons. The number of nitrogens with zero attached hydrogens (tertiary/aromatic N) is 4. The van der Waals surface area contributed by atoms with Crippen LogP contribution in [0.3, 0.4) is 0 Å². The van der Waals surface area contributed by atoms with Crippen LogP contribution in [0.1, 0.15) is 5.56 Å². The normalized spacial score (nSPS) is 11.5. The number of thioether (sulfide) groups is 1. The standard InChI is InChI=1S/C31H24FN5O4S2/c1-40-29-16-11-23(17-26(29)32)28-18-27(36-37(28)24-12-14-25(15-13-24)43(33,38)39)30-34-35-31(41-30)42-19-20-7-9-22(10-8-20)21-5-3-2-4-6-21/h2-18H,19H2,1H3,(H2,33,38,39). The largest absolute Gasteiger partial charge is 0.494 e. The van der Waals surface area contributed by atoms with E-state index in [1.54, 1.807) is 24.3 Å². The third kappa shape index (κ3) is 6.21. The average Bonchev–Trinajstić information content (AvgIpc) is 3.68. The van der Waals surface area contributed by atoms with Gasteiger partial charge in [-0.05, 0) is 65.2 Å². The Morgan fingerprint density at radius 1 is 0.884 bits per heavy atom. The molecule has 2 N–H and O–H groups in total. The highest BCUT2D eigenvalue weighted by Gasteiger charge is 2.19. The maximum absolute atomic E-state index is 14.6. The highest BCUT2D eigenvalue weighted by Crippen LogP contribution is 2.32. The van der Waals surface area contributed by atoms with Crippen molar-refractivity contribution < 1.29 is 22.0 Å². The predicted octanol–water partition coefficient (Wildman–Crippen LogP) is 6.34. The fourth-order valence-electron chi connectivity index (χ4n) is 4.43. The Bertz CT molecular complexity index is 1990. The van der Waals surface area contributed by atoms with Crippen molar-refractivity contribution >= 4 is 21.8 Å². The monoisotopic (exact) mass is 613 g/mol. The molecule has 216 valence electrons. The SMILES string of the molecule is COc1ccc(-c2cc(-c3nnc(SCc4ccc(-c5ccccc5)cc4)o3)nn2-c2ccc(S(N)(=O)=O)cc2)cc1F. The Kier molecular flexibility index (Phi) is 7.80. The second-order valence-electron chi connectivity index (χ2n) is 9.44. The molecule has 6 rings (SSSR count). The van der Waals surface area contributed by atoms with E-state index in [0.29, 0.717) is 33.6 Å². The van der Waals surface area contributed by atoms with Gasteiger partial charge in [-0.25, -0.2) is 22.6 Å². The van der Waals surface area contributed by atoms with E-state index in [2.05, 4.69) is 51.7 Å². The number of hydrogen-bond acceptors (Lipinski definition) is 8. The zero-order valence-corrected chi connectivity index (χ0v) is 24.3. The molecule has 0 aliphatic heterocycles. The summed E-state index contributed by atoms with van der Waals surface area (Å²) < 4.78 is 50.7. The van der Waals surface area contributed by atoms with Crippen LogP contribution in [-0.4, -0.2) is 35.5 Å². The highest BCUT2D eigenvalue weighted by molar-refractivity contribution is 7.98. The van der Waals surface area contributed by atoms with Gasteiger partial charge in [0.25, 0.3) is 11.1 Å². The molecule has 9 nitrogen and oxygen atoms in total. The smallest absolute Gasteiger partial charge is 0.277 e. The first-order valence-corrected chi connectivity index (χ1v) is 15.5. The highest BCUT2D eigenvalue weighted by atomic mass is 32.2. The average molecular weight is 614 g/mol. The predicted molar refractivity (Wildman–Crippen MR) is 162 cm³/mol. The Labute approximate surface area is 251 Å². The molecular weight excluding hydrogens is 590 g/mol. The molecule has 0 unspecified atom stereocenters. The third-order valence-corrected chi connectivity index (χ3v) is 8.43. The van der Waals surface area contributed by atoms with Crippen LogP contribution in [0.4, 0.5) is 4.39 Å². The van der Waals surface area contributed by atoms with Crippen molar-refractivity contribution in [1.82, 2.24) is 20.0 Å². The van der Waals surface area contributed by atoms with Gasteiger partial charge in [0, 0.05) is 11.3 Å². The molecular formula is C31H24FN5O4S2. The number of nitrogens with two attached hydrogens (primary N) is 1. The van der Waals surface area contributed by atoms with Crippen LogP contribution in [0, 0.1) is 5.82 Å². The summed E-state index contributed by atoms with van der Waals surface area (Å²) >= 11 is 1.40. The number of methoxy groups -OCH3 is 1. The van der Waals surface area contributed by atoms with Gasteiger partial charge in [0.05, 0.1) is 23.4 Å². The van der Waals surface area contributed by atoms with Crippen LogP contribution in [0.2, 0.25) is 0 Å². The summed E-state index contributed by atoms with van der Waals surface area (Å²) in [5.41, 5.74) is 5.26. The molecule has 0 bridgehead atoms. The molecule has 0 aliphatic rings. The van der Waals surface area contributed by atoms with Gasteiger partial charge in [-0.1, -0.05) is 66.4 Å². The molecule has 0 aliphatic carbocycles. The van der Waals surface area contributed by atoms with E-state index in [-0.39, 0.29) is 16.5 Å². The molecule has 43 heavy (non-hydrogen) atoms. The molecule has 0 saturated carbocycles. The van der Waals surface area contributed by atoms with Crippen LogP contribution >= 0.6 is 11.8 Å². The minimum absolute atomic E-state index is 0.0473.